The van der Waals surface area contributed by atoms with Gasteiger partial charge in [0.15, 0.2) is 0 Å². The van der Waals surface area contributed by atoms with Gasteiger partial charge in [-0.1, -0.05) is 45.7 Å². The Hall–Kier alpha value is -0.480. The van der Waals surface area contributed by atoms with Crippen molar-refractivity contribution in [1.29, 1.82) is 0 Å². The highest BCUT2D eigenvalue weighted by atomic mass is 79.9. The Balaban J connectivity index is 1.96. The SMILES string of the molecule is OC(CSc1cccc(Cl)c1)c1ccc(Br)cc1. The molecule has 0 amide bonds. The van der Waals surface area contributed by atoms with E-state index in [9.17, 15) is 5.11 Å². The van der Waals surface area contributed by atoms with Crippen LogP contribution in [-0.4, -0.2) is 10.9 Å². The summed E-state index contributed by atoms with van der Waals surface area (Å²) in [6, 6.07) is 15.4. The van der Waals surface area contributed by atoms with Crippen LogP contribution in [0.2, 0.25) is 5.02 Å². The van der Waals surface area contributed by atoms with Crippen LogP contribution in [0.25, 0.3) is 0 Å². The van der Waals surface area contributed by atoms with E-state index < -0.39 is 6.10 Å². The van der Waals surface area contributed by atoms with E-state index in [1.165, 1.54) is 0 Å². The average molecular weight is 344 g/mol. The van der Waals surface area contributed by atoms with Crippen molar-refractivity contribution in [2.24, 2.45) is 0 Å². The minimum Gasteiger partial charge on any atom is -0.388 e. The summed E-state index contributed by atoms with van der Waals surface area (Å²) in [6.45, 7) is 0. The number of benzene rings is 2. The van der Waals surface area contributed by atoms with E-state index >= 15 is 0 Å². The van der Waals surface area contributed by atoms with E-state index in [1.54, 1.807) is 11.8 Å². The number of hydrogen-bond acceptors (Lipinski definition) is 2. The lowest BCUT2D eigenvalue weighted by Gasteiger charge is -2.10. The molecule has 0 saturated heterocycles. The van der Waals surface area contributed by atoms with Gasteiger partial charge < -0.3 is 5.11 Å². The van der Waals surface area contributed by atoms with Crippen molar-refractivity contribution in [2.45, 2.75) is 11.0 Å². The molecule has 1 atom stereocenters. The number of aliphatic hydroxyl groups is 1. The molecule has 1 N–H and O–H groups in total. The van der Waals surface area contributed by atoms with Crippen LogP contribution >= 0.6 is 39.3 Å². The van der Waals surface area contributed by atoms with Gasteiger partial charge in [0.2, 0.25) is 0 Å². The zero-order valence-corrected chi connectivity index (χ0v) is 12.7. The van der Waals surface area contributed by atoms with E-state index in [2.05, 4.69) is 15.9 Å². The molecule has 0 aliphatic rings. The highest BCUT2D eigenvalue weighted by molar-refractivity contribution is 9.10. The summed E-state index contributed by atoms with van der Waals surface area (Å²) >= 11 is 10.9. The van der Waals surface area contributed by atoms with Gasteiger partial charge in [-0.3, -0.25) is 0 Å². The van der Waals surface area contributed by atoms with E-state index in [4.69, 9.17) is 11.6 Å². The third kappa shape index (κ3) is 4.02. The lowest BCUT2D eigenvalue weighted by molar-refractivity contribution is 0.204. The molecule has 2 aromatic carbocycles. The Morgan fingerprint density at radius 1 is 1.17 bits per heavy atom. The van der Waals surface area contributed by atoms with Crippen molar-refractivity contribution in [3.63, 3.8) is 0 Å². The lowest BCUT2D eigenvalue weighted by atomic mass is 10.1. The van der Waals surface area contributed by atoms with Gasteiger partial charge in [-0.2, -0.15) is 0 Å². The standard InChI is InChI=1S/C14H12BrClOS/c15-11-6-4-10(5-7-11)14(17)9-18-13-3-1-2-12(16)8-13/h1-8,14,17H,9H2. The minimum absolute atomic E-state index is 0.470. The van der Waals surface area contributed by atoms with Crippen molar-refractivity contribution in [2.75, 3.05) is 5.75 Å². The summed E-state index contributed by atoms with van der Waals surface area (Å²) in [5.74, 6) is 0.613. The molecule has 0 fully saturated rings. The first-order valence-electron chi connectivity index (χ1n) is 5.47. The van der Waals surface area contributed by atoms with Gasteiger partial charge in [-0.05, 0) is 35.9 Å². The Morgan fingerprint density at radius 3 is 2.56 bits per heavy atom. The summed E-state index contributed by atoms with van der Waals surface area (Å²) in [5.41, 5.74) is 0.924. The molecule has 0 aliphatic carbocycles. The molecule has 1 unspecified atom stereocenters. The smallest absolute Gasteiger partial charge is 0.0883 e. The first-order valence-corrected chi connectivity index (χ1v) is 7.63. The summed E-state index contributed by atoms with van der Waals surface area (Å²) < 4.78 is 1.01. The van der Waals surface area contributed by atoms with E-state index in [-0.39, 0.29) is 0 Å². The molecule has 0 saturated carbocycles. The number of rotatable bonds is 4. The number of hydrogen-bond donors (Lipinski definition) is 1. The minimum atomic E-state index is -0.470. The summed E-state index contributed by atoms with van der Waals surface area (Å²) in [7, 11) is 0. The maximum Gasteiger partial charge on any atom is 0.0883 e. The first-order chi connectivity index (χ1) is 8.65. The van der Waals surface area contributed by atoms with E-state index in [0.29, 0.717) is 5.75 Å². The molecule has 0 radical (unpaired) electrons. The van der Waals surface area contributed by atoms with Crippen molar-refractivity contribution in [3.8, 4) is 0 Å². The van der Waals surface area contributed by atoms with Crippen LogP contribution in [-0.2, 0) is 0 Å². The van der Waals surface area contributed by atoms with Crippen LogP contribution in [0.5, 0.6) is 0 Å². The molecule has 0 aliphatic heterocycles. The molecule has 0 bridgehead atoms. The Bertz CT molecular complexity index is 515. The zero-order chi connectivity index (χ0) is 13.0. The first kappa shape index (κ1) is 13.9. The van der Waals surface area contributed by atoms with Crippen molar-refractivity contribution < 1.29 is 5.11 Å². The second-order valence-corrected chi connectivity index (χ2v) is 6.28. The van der Waals surface area contributed by atoms with Crippen LogP contribution < -0.4 is 0 Å². The van der Waals surface area contributed by atoms with E-state index in [0.717, 1.165) is 20.0 Å². The fourth-order valence-corrected chi connectivity index (χ4v) is 2.96. The maximum absolute atomic E-state index is 10.1. The lowest BCUT2D eigenvalue weighted by Crippen LogP contribution is -2.00. The predicted octanol–water partition coefficient (Wildman–Crippen LogP) is 4.93. The van der Waals surface area contributed by atoms with Crippen molar-refractivity contribution in [3.05, 3.63) is 63.6 Å². The molecule has 1 nitrogen and oxygen atoms in total. The third-order valence-corrected chi connectivity index (χ3v) is 4.29. The van der Waals surface area contributed by atoms with Crippen molar-refractivity contribution >= 4 is 39.3 Å². The Labute approximate surface area is 124 Å². The molecule has 18 heavy (non-hydrogen) atoms. The van der Waals surface area contributed by atoms with Gasteiger partial charge >= 0.3 is 0 Å². The Morgan fingerprint density at radius 2 is 1.89 bits per heavy atom. The Kier molecular flexibility index (Phi) is 5.13. The molecule has 4 heteroatoms. The average Bonchev–Trinajstić information content (AvgIpc) is 2.37. The zero-order valence-electron chi connectivity index (χ0n) is 9.51. The van der Waals surface area contributed by atoms with Crippen LogP contribution in [0.1, 0.15) is 11.7 Å². The fourth-order valence-electron chi connectivity index (χ4n) is 1.51. The monoisotopic (exact) mass is 342 g/mol. The predicted molar refractivity (Wildman–Crippen MR) is 81.3 cm³/mol. The largest absolute Gasteiger partial charge is 0.388 e. The van der Waals surface area contributed by atoms with Gasteiger partial charge in [-0.25, -0.2) is 0 Å². The second kappa shape index (κ2) is 6.62. The van der Waals surface area contributed by atoms with Crippen LogP contribution in [0.4, 0.5) is 0 Å². The molecule has 2 rings (SSSR count). The van der Waals surface area contributed by atoms with Gasteiger partial charge in [0.05, 0.1) is 6.10 Å². The van der Waals surface area contributed by atoms with Gasteiger partial charge in [0.25, 0.3) is 0 Å². The van der Waals surface area contributed by atoms with Gasteiger partial charge in [-0.15, -0.1) is 11.8 Å². The van der Waals surface area contributed by atoms with E-state index in [1.807, 2.05) is 48.5 Å². The molecule has 0 heterocycles. The maximum atomic E-state index is 10.1. The van der Waals surface area contributed by atoms with Gasteiger partial charge in [0, 0.05) is 20.1 Å². The van der Waals surface area contributed by atoms with Crippen LogP contribution in [0.3, 0.4) is 0 Å². The molecule has 2 aromatic rings. The molecule has 0 aromatic heterocycles. The highest BCUT2D eigenvalue weighted by Crippen LogP contribution is 2.27. The third-order valence-electron chi connectivity index (χ3n) is 2.46. The van der Waals surface area contributed by atoms with Crippen LogP contribution in [0, 0.1) is 0 Å². The molecule has 0 spiro atoms. The van der Waals surface area contributed by atoms with Crippen LogP contribution in [0.15, 0.2) is 57.9 Å². The second-order valence-electron chi connectivity index (χ2n) is 3.84. The highest BCUT2D eigenvalue weighted by Gasteiger charge is 2.08. The summed E-state index contributed by atoms with van der Waals surface area (Å²) in [6.07, 6.45) is -0.470. The quantitative estimate of drug-likeness (QED) is 0.794. The summed E-state index contributed by atoms with van der Waals surface area (Å²) in [4.78, 5) is 1.07. The van der Waals surface area contributed by atoms with Crippen molar-refractivity contribution in [1.82, 2.24) is 0 Å². The van der Waals surface area contributed by atoms with Gasteiger partial charge in [0.1, 0.15) is 0 Å². The molecular formula is C14H12BrClOS. The summed E-state index contributed by atoms with van der Waals surface area (Å²) in [5, 5.41) is 10.8. The number of halogens is 2. The number of thioether (sulfide) groups is 1. The fraction of sp³-hybridized carbons (Fsp3) is 0.143. The normalized spacial score (nSPS) is 12.4. The topological polar surface area (TPSA) is 20.2 Å². The molecular weight excluding hydrogens is 332 g/mol. The number of aliphatic hydroxyl groups excluding tert-OH is 1. The molecule has 94 valence electrons.